The smallest absolute Gasteiger partial charge is 0.235 e. The largest absolute Gasteiger partial charge is 0.337 e. The van der Waals surface area contributed by atoms with Crippen LogP contribution in [-0.2, 0) is 6.42 Å². The van der Waals surface area contributed by atoms with Gasteiger partial charge < -0.3 is 4.57 Å². The van der Waals surface area contributed by atoms with Crippen LogP contribution in [0.15, 0.2) is 158 Å². The number of para-hydroxylation sites is 1. The van der Waals surface area contributed by atoms with E-state index >= 15 is 0 Å². The molecule has 0 spiro atoms. The second-order valence-corrected chi connectivity index (χ2v) is 14.0. The molecule has 0 amide bonds. The van der Waals surface area contributed by atoms with E-state index in [2.05, 4.69) is 173 Å². The molecule has 6 aromatic carbocycles. The Morgan fingerprint density at radius 3 is 2.31 bits per heavy atom. The Morgan fingerprint density at radius 2 is 1.40 bits per heavy atom. The molecule has 4 heteroatoms. The third kappa shape index (κ3) is 4.34. The molecule has 0 saturated carbocycles. The van der Waals surface area contributed by atoms with Crippen LogP contribution in [0.3, 0.4) is 0 Å². The monoisotopic (exact) mass is 666 g/mol. The molecule has 1 unspecified atom stereocenters. The van der Waals surface area contributed by atoms with Gasteiger partial charge in [0.25, 0.3) is 0 Å². The number of benzene rings is 6. The maximum atomic E-state index is 5.42. The molecule has 0 radical (unpaired) electrons. The van der Waals surface area contributed by atoms with Gasteiger partial charge in [-0.05, 0) is 60.0 Å². The summed E-state index contributed by atoms with van der Waals surface area (Å²) in [7, 11) is 0. The minimum Gasteiger partial charge on any atom is -0.337 e. The van der Waals surface area contributed by atoms with Gasteiger partial charge in [-0.25, -0.2) is 9.97 Å². The molecule has 1 atom stereocenters. The lowest BCUT2D eigenvalue weighted by atomic mass is 9.95. The molecule has 11 rings (SSSR count). The Morgan fingerprint density at radius 1 is 0.596 bits per heavy atom. The fraction of sp³-hybridized carbons (Fsp3) is 0.0833. The molecule has 4 nitrogen and oxygen atoms in total. The van der Waals surface area contributed by atoms with Crippen LogP contribution >= 0.6 is 0 Å². The highest BCUT2D eigenvalue weighted by Gasteiger charge is 2.25. The molecule has 3 aromatic heterocycles. The summed E-state index contributed by atoms with van der Waals surface area (Å²) in [5.41, 5.74) is 11.7. The minimum absolute atomic E-state index is 0.322. The minimum atomic E-state index is 0.322. The summed E-state index contributed by atoms with van der Waals surface area (Å²) in [6, 6.07) is 46.2. The van der Waals surface area contributed by atoms with Crippen molar-refractivity contribution in [1.29, 1.82) is 0 Å². The van der Waals surface area contributed by atoms with Crippen LogP contribution in [0.25, 0.3) is 88.8 Å². The van der Waals surface area contributed by atoms with Gasteiger partial charge in [-0.2, -0.15) is 0 Å². The highest BCUT2D eigenvalue weighted by atomic mass is 15.2. The fourth-order valence-corrected chi connectivity index (χ4v) is 8.80. The molecule has 2 aliphatic rings. The zero-order chi connectivity index (χ0) is 34.2. The van der Waals surface area contributed by atoms with Crippen molar-refractivity contribution < 1.29 is 0 Å². The summed E-state index contributed by atoms with van der Waals surface area (Å²) in [6.45, 7) is 0. The standard InChI is InChI=1S/C48H34N4/c1-3-15-32(16-4-1)46-40-29-26-31-14-7-8-19-36(31)47(40)50-48(49-46)52-41-23-11-9-20-37(41)38-28-27-33(30-44(38)52)35-22-13-25-43-45(35)39-21-10-12-24-42(39)51(43)34-17-5-2-6-18-34/h1-11,13-17,19-23,25-30,34H,12,18,24H2. The van der Waals surface area contributed by atoms with Crippen LogP contribution in [0.4, 0.5) is 0 Å². The van der Waals surface area contributed by atoms with E-state index in [1.807, 2.05) is 0 Å². The summed E-state index contributed by atoms with van der Waals surface area (Å²) >= 11 is 0. The lowest BCUT2D eigenvalue weighted by molar-refractivity contribution is 0.599. The van der Waals surface area contributed by atoms with Crippen LogP contribution < -0.4 is 0 Å². The van der Waals surface area contributed by atoms with Crippen LogP contribution in [0.5, 0.6) is 0 Å². The highest BCUT2D eigenvalue weighted by Crippen LogP contribution is 2.43. The van der Waals surface area contributed by atoms with E-state index in [0.29, 0.717) is 12.0 Å². The van der Waals surface area contributed by atoms with Crippen molar-refractivity contribution in [2.75, 3.05) is 0 Å². The van der Waals surface area contributed by atoms with Gasteiger partial charge >= 0.3 is 0 Å². The van der Waals surface area contributed by atoms with Gasteiger partial charge in [0.05, 0.1) is 33.8 Å². The van der Waals surface area contributed by atoms with E-state index in [1.165, 1.54) is 49.4 Å². The zero-order valence-electron chi connectivity index (χ0n) is 28.6. The van der Waals surface area contributed by atoms with Gasteiger partial charge in [0.15, 0.2) is 0 Å². The summed E-state index contributed by atoms with van der Waals surface area (Å²) in [5, 5.41) is 7.05. The molecule has 0 N–H and O–H groups in total. The third-order valence-corrected chi connectivity index (χ3v) is 11.1. The van der Waals surface area contributed by atoms with Crippen molar-refractivity contribution in [3.63, 3.8) is 0 Å². The molecule has 0 saturated heterocycles. The van der Waals surface area contributed by atoms with E-state index in [4.69, 9.17) is 9.97 Å². The van der Waals surface area contributed by atoms with Crippen LogP contribution in [0.1, 0.15) is 30.1 Å². The van der Waals surface area contributed by atoms with Crippen molar-refractivity contribution >= 4 is 60.5 Å². The summed E-state index contributed by atoms with van der Waals surface area (Å²) in [4.78, 5) is 10.8. The third-order valence-electron chi connectivity index (χ3n) is 11.1. The molecule has 0 fully saturated rings. The SMILES string of the molecule is C1=CCC(n2c3c(c4c(-c5ccc6c7ccccc7n(-c7nc(-c8ccccc8)c8ccc9ccccc9c8n7)c6c5)cccc42)C=CCC3)C=C1. The fourth-order valence-electron chi connectivity index (χ4n) is 8.80. The number of hydrogen-bond donors (Lipinski definition) is 0. The molecule has 52 heavy (non-hydrogen) atoms. The Kier molecular flexibility index (Phi) is 6.47. The summed E-state index contributed by atoms with van der Waals surface area (Å²) < 4.78 is 4.88. The van der Waals surface area contributed by atoms with Gasteiger partial charge in [0, 0.05) is 43.8 Å². The normalized spacial score (nSPS) is 15.4. The summed E-state index contributed by atoms with van der Waals surface area (Å²) in [5.74, 6) is 0.674. The maximum Gasteiger partial charge on any atom is 0.235 e. The molecular formula is C48H34N4. The molecule has 3 heterocycles. The lowest BCUT2D eigenvalue weighted by Crippen LogP contribution is -2.11. The van der Waals surface area contributed by atoms with Crippen molar-refractivity contribution in [2.24, 2.45) is 0 Å². The number of hydrogen-bond acceptors (Lipinski definition) is 2. The van der Waals surface area contributed by atoms with Gasteiger partial charge in [-0.15, -0.1) is 0 Å². The van der Waals surface area contributed by atoms with E-state index in [0.717, 1.165) is 57.8 Å². The van der Waals surface area contributed by atoms with Gasteiger partial charge in [-0.1, -0.05) is 140 Å². The lowest BCUT2D eigenvalue weighted by Gasteiger charge is -2.21. The number of nitrogens with zero attached hydrogens (tertiary/aromatic N) is 4. The van der Waals surface area contributed by atoms with E-state index in [9.17, 15) is 0 Å². The highest BCUT2D eigenvalue weighted by molar-refractivity contribution is 6.13. The summed E-state index contributed by atoms with van der Waals surface area (Å²) in [6.07, 6.45) is 16.8. The second kappa shape index (κ2) is 11.5. The first-order valence-corrected chi connectivity index (χ1v) is 18.3. The number of allylic oxidation sites excluding steroid dienone is 5. The Labute approximate surface area is 301 Å². The first-order chi connectivity index (χ1) is 25.8. The second-order valence-electron chi connectivity index (χ2n) is 14.0. The predicted molar refractivity (Wildman–Crippen MR) is 217 cm³/mol. The van der Waals surface area contributed by atoms with Crippen molar-refractivity contribution in [2.45, 2.75) is 25.3 Å². The number of fused-ring (bicyclic) bond motifs is 9. The first kappa shape index (κ1) is 29.2. The quantitative estimate of drug-likeness (QED) is 0.175. The predicted octanol–water partition coefficient (Wildman–Crippen LogP) is 12.2. The first-order valence-electron chi connectivity index (χ1n) is 18.3. The topological polar surface area (TPSA) is 35.6 Å². The maximum absolute atomic E-state index is 5.42. The Bertz CT molecular complexity index is 2990. The van der Waals surface area contributed by atoms with Gasteiger partial charge in [-0.3, -0.25) is 4.57 Å². The van der Waals surface area contributed by atoms with Crippen molar-refractivity contribution in [1.82, 2.24) is 19.1 Å². The molecule has 246 valence electrons. The Balaban J connectivity index is 1.20. The van der Waals surface area contributed by atoms with Gasteiger partial charge in [0.2, 0.25) is 5.95 Å². The Hall–Kier alpha value is -6.52. The molecule has 2 aliphatic carbocycles. The van der Waals surface area contributed by atoms with Crippen LogP contribution in [0.2, 0.25) is 0 Å². The van der Waals surface area contributed by atoms with Gasteiger partial charge in [0.1, 0.15) is 0 Å². The average Bonchev–Trinajstić information content (AvgIpc) is 3.74. The number of aromatic nitrogens is 4. The van der Waals surface area contributed by atoms with Crippen LogP contribution in [-0.4, -0.2) is 19.1 Å². The molecular weight excluding hydrogens is 633 g/mol. The van der Waals surface area contributed by atoms with E-state index < -0.39 is 0 Å². The van der Waals surface area contributed by atoms with E-state index in [-0.39, 0.29) is 0 Å². The molecule has 0 bridgehead atoms. The number of rotatable bonds is 4. The van der Waals surface area contributed by atoms with Crippen LogP contribution in [0, 0.1) is 0 Å². The zero-order valence-corrected chi connectivity index (χ0v) is 28.6. The molecule has 9 aromatic rings. The average molecular weight is 667 g/mol. The molecule has 0 aliphatic heterocycles. The van der Waals surface area contributed by atoms with Crippen molar-refractivity contribution in [3.05, 3.63) is 169 Å². The van der Waals surface area contributed by atoms with Crippen molar-refractivity contribution in [3.8, 4) is 28.3 Å². The van der Waals surface area contributed by atoms with E-state index in [1.54, 1.807) is 0 Å².